The van der Waals surface area contributed by atoms with Crippen LogP contribution in [0.2, 0.25) is 0 Å². The van der Waals surface area contributed by atoms with Gasteiger partial charge < -0.3 is 10.0 Å². The summed E-state index contributed by atoms with van der Waals surface area (Å²) in [4.78, 5) is 12.2. The van der Waals surface area contributed by atoms with E-state index in [2.05, 4.69) is 4.72 Å². The number of rotatable bonds is 8. The lowest BCUT2D eigenvalue weighted by molar-refractivity contribution is -0.384. The first-order valence-electron chi connectivity index (χ1n) is 6.51. The van der Waals surface area contributed by atoms with Crippen LogP contribution in [-0.4, -0.2) is 44.7 Å². The van der Waals surface area contributed by atoms with Gasteiger partial charge in [-0.25, -0.2) is 13.1 Å². The lowest BCUT2D eigenvalue weighted by Crippen LogP contribution is -2.27. The number of aliphatic hydroxyl groups excluding tert-OH is 1. The van der Waals surface area contributed by atoms with Crippen molar-refractivity contribution in [2.75, 3.05) is 31.1 Å². The highest BCUT2D eigenvalue weighted by atomic mass is 32.2. The Bertz CT molecular complexity index is 599. The lowest BCUT2D eigenvalue weighted by atomic mass is 10.2. The van der Waals surface area contributed by atoms with Crippen molar-refractivity contribution in [1.82, 2.24) is 4.72 Å². The first-order chi connectivity index (χ1) is 9.87. The average molecular weight is 317 g/mol. The molecule has 0 spiro atoms. The highest BCUT2D eigenvalue weighted by Gasteiger charge is 2.23. The Balaban J connectivity index is 3.30. The Morgan fingerprint density at radius 3 is 2.43 bits per heavy atom. The molecule has 118 valence electrons. The molecule has 1 aromatic carbocycles. The standard InChI is InChI=1S/C12H19N3O5S/c1-3-14(4-2)11-6-5-10(9-12(11)15(17)18)21(19,20)13-7-8-16/h5-6,9,13,16H,3-4,7-8H2,1-2H3. The van der Waals surface area contributed by atoms with E-state index in [9.17, 15) is 18.5 Å². The Morgan fingerprint density at radius 2 is 1.95 bits per heavy atom. The van der Waals surface area contributed by atoms with Gasteiger partial charge >= 0.3 is 0 Å². The summed E-state index contributed by atoms with van der Waals surface area (Å²) in [6, 6.07) is 3.78. The molecule has 1 aromatic rings. The third-order valence-electron chi connectivity index (χ3n) is 2.96. The molecule has 0 unspecified atom stereocenters. The number of anilines is 1. The highest BCUT2D eigenvalue weighted by Crippen LogP contribution is 2.30. The van der Waals surface area contributed by atoms with Crippen molar-refractivity contribution < 1.29 is 18.4 Å². The molecule has 21 heavy (non-hydrogen) atoms. The molecular weight excluding hydrogens is 298 g/mol. The van der Waals surface area contributed by atoms with Gasteiger partial charge in [0.25, 0.3) is 5.69 Å². The molecule has 0 atom stereocenters. The Kier molecular flexibility index (Phi) is 6.06. The SMILES string of the molecule is CCN(CC)c1ccc(S(=O)(=O)NCCO)cc1[N+](=O)[O-]. The molecule has 0 aliphatic heterocycles. The number of nitrogens with one attached hydrogen (secondary N) is 1. The van der Waals surface area contributed by atoms with E-state index in [0.29, 0.717) is 18.8 Å². The third kappa shape index (κ3) is 4.13. The summed E-state index contributed by atoms with van der Waals surface area (Å²) in [6.45, 7) is 4.38. The minimum absolute atomic E-state index is 0.145. The van der Waals surface area contributed by atoms with Gasteiger partial charge in [-0.15, -0.1) is 0 Å². The largest absolute Gasteiger partial charge is 0.395 e. The number of nitro benzene ring substituents is 1. The fourth-order valence-corrected chi connectivity index (χ4v) is 2.95. The van der Waals surface area contributed by atoms with Gasteiger partial charge in [-0.3, -0.25) is 10.1 Å². The minimum Gasteiger partial charge on any atom is -0.395 e. The number of hydrogen-bond acceptors (Lipinski definition) is 6. The van der Waals surface area contributed by atoms with Crippen molar-refractivity contribution in [2.45, 2.75) is 18.7 Å². The average Bonchev–Trinajstić information content (AvgIpc) is 2.46. The van der Waals surface area contributed by atoms with Crippen molar-refractivity contribution >= 4 is 21.4 Å². The second kappa shape index (κ2) is 7.34. The second-order valence-corrected chi connectivity index (χ2v) is 5.97. The molecule has 0 aliphatic rings. The molecule has 0 amide bonds. The van der Waals surface area contributed by atoms with Crippen LogP contribution in [0.15, 0.2) is 23.1 Å². The zero-order valence-electron chi connectivity index (χ0n) is 11.9. The van der Waals surface area contributed by atoms with E-state index >= 15 is 0 Å². The van der Waals surface area contributed by atoms with Gasteiger partial charge in [0.2, 0.25) is 10.0 Å². The molecular formula is C12H19N3O5S. The zero-order chi connectivity index (χ0) is 16.0. The summed E-state index contributed by atoms with van der Waals surface area (Å²) in [5.41, 5.74) is 0.122. The van der Waals surface area contributed by atoms with E-state index in [1.54, 1.807) is 4.90 Å². The summed E-state index contributed by atoms with van der Waals surface area (Å²) in [6.07, 6.45) is 0. The molecule has 0 aliphatic carbocycles. The van der Waals surface area contributed by atoms with Crippen LogP contribution in [-0.2, 0) is 10.0 Å². The molecule has 0 saturated carbocycles. The van der Waals surface area contributed by atoms with Gasteiger partial charge in [0.1, 0.15) is 5.69 Å². The molecule has 0 aromatic heterocycles. The molecule has 2 N–H and O–H groups in total. The Morgan fingerprint density at radius 1 is 1.33 bits per heavy atom. The maximum atomic E-state index is 11.9. The van der Waals surface area contributed by atoms with Gasteiger partial charge in [-0.1, -0.05) is 0 Å². The quantitative estimate of drug-likeness (QED) is 0.539. The maximum absolute atomic E-state index is 11.9. The topological polar surface area (TPSA) is 113 Å². The zero-order valence-corrected chi connectivity index (χ0v) is 12.8. The molecule has 1 rings (SSSR count). The van der Waals surface area contributed by atoms with E-state index < -0.39 is 14.9 Å². The summed E-state index contributed by atoms with van der Waals surface area (Å²) >= 11 is 0. The van der Waals surface area contributed by atoms with Crippen LogP contribution in [0.4, 0.5) is 11.4 Å². The minimum atomic E-state index is -3.87. The molecule has 0 saturated heterocycles. The number of hydrogen-bond donors (Lipinski definition) is 2. The summed E-state index contributed by atoms with van der Waals surface area (Å²) in [7, 11) is -3.87. The summed E-state index contributed by atoms with van der Waals surface area (Å²) in [5.74, 6) is 0. The monoisotopic (exact) mass is 317 g/mol. The predicted molar refractivity (Wildman–Crippen MR) is 78.9 cm³/mol. The van der Waals surface area contributed by atoms with E-state index in [-0.39, 0.29) is 23.7 Å². The summed E-state index contributed by atoms with van der Waals surface area (Å²) in [5, 5.41) is 19.8. The van der Waals surface area contributed by atoms with Crippen LogP contribution < -0.4 is 9.62 Å². The summed E-state index contributed by atoms with van der Waals surface area (Å²) < 4.78 is 26.0. The van der Waals surface area contributed by atoms with Crippen LogP contribution in [0.3, 0.4) is 0 Å². The Labute approximate surface area is 123 Å². The van der Waals surface area contributed by atoms with Crippen molar-refractivity contribution in [3.05, 3.63) is 28.3 Å². The van der Waals surface area contributed by atoms with Crippen LogP contribution in [0.25, 0.3) is 0 Å². The van der Waals surface area contributed by atoms with Gasteiger partial charge in [-0.2, -0.15) is 0 Å². The molecule has 8 nitrogen and oxygen atoms in total. The molecule has 0 bridgehead atoms. The molecule has 0 radical (unpaired) electrons. The lowest BCUT2D eigenvalue weighted by Gasteiger charge is -2.21. The first kappa shape index (κ1) is 17.3. The van der Waals surface area contributed by atoms with Crippen molar-refractivity contribution in [3.8, 4) is 0 Å². The van der Waals surface area contributed by atoms with Crippen molar-refractivity contribution in [1.29, 1.82) is 0 Å². The van der Waals surface area contributed by atoms with Gasteiger partial charge in [-0.05, 0) is 26.0 Å². The van der Waals surface area contributed by atoms with Gasteiger partial charge in [0, 0.05) is 25.7 Å². The molecule has 0 fully saturated rings. The maximum Gasteiger partial charge on any atom is 0.293 e. The predicted octanol–water partition coefficient (Wildman–Crippen LogP) is 0.712. The van der Waals surface area contributed by atoms with E-state index in [1.807, 2.05) is 13.8 Å². The second-order valence-electron chi connectivity index (χ2n) is 4.20. The normalized spacial score (nSPS) is 11.4. The van der Waals surface area contributed by atoms with Crippen LogP contribution in [0, 0.1) is 10.1 Å². The van der Waals surface area contributed by atoms with Crippen LogP contribution >= 0.6 is 0 Å². The molecule has 0 heterocycles. The van der Waals surface area contributed by atoms with Crippen molar-refractivity contribution in [3.63, 3.8) is 0 Å². The van der Waals surface area contributed by atoms with E-state index in [4.69, 9.17) is 5.11 Å². The number of benzene rings is 1. The van der Waals surface area contributed by atoms with Crippen molar-refractivity contribution in [2.24, 2.45) is 0 Å². The third-order valence-corrected chi connectivity index (χ3v) is 4.42. The number of sulfonamides is 1. The number of aliphatic hydroxyl groups is 1. The van der Waals surface area contributed by atoms with Gasteiger partial charge in [0.15, 0.2) is 0 Å². The van der Waals surface area contributed by atoms with Crippen LogP contribution in [0.1, 0.15) is 13.8 Å². The van der Waals surface area contributed by atoms with E-state index in [1.165, 1.54) is 12.1 Å². The fourth-order valence-electron chi connectivity index (χ4n) is 1.91. The van der Waals surface area contributed by atoms with Gasteiger partial charge in [0.05, 0.1) is 16.4 Å². The smallest absolute Gasteiger partial charge is 0.293 e. The van der Waals surface area contributed by atoms with Crippen LogP contribution in [0.5, 0.6) is 0 Å². The number of nitrogens with zero attached hydrogens (tertiary/aromatic N) is 2. The number of nitro groups is 1. The molecule has 9 heteroatoms. The fraction of sp³-hybridized carbons (Fsp3) is 0.500. The van der Waals surface area contributed by atoms with E-state index in [0.717, 1.165) is 6.07 Å². The first-order valence-corrected chi connectivity index (χ1v) is 7.99. The highest BCUT2D eigenvalue weighted by molar-refractivity contribution is 7.89. The Hall–Kier alpha value is -1.71.